The lowest BCUT2D eigenvalue weighted by Crippen LogP contribution is -2.10. The van der Waals surface area contributed by atoms with Crippen LogP contribution in [-0.2, 0) is 0 Å². The highest BCUT2D eigenvalue weighted by Crippen LogP contribution is 2.32. The van der Waals surface area contributed by atoms with Crippen LogP contribution in [0.4, 0.5) is 17.3 Å². The molecule has 0 fully saturated rings. The minimum Gasteiger partial charge on any atom is -0.338 e. The van der Waals surface area contributed by atoms with Gasteiger partial charge < -0.3 is 10.7 Å². The van der Waals surface area contributed by atoms with Crippen molar-refractivity contribution in [2.45, 2.75) is 0 Å². The molecule has 4 N–H and O–H groups in total. The van der Waals surface area contributed by atoms with Gasteiger partial charge in [0.25, 0.3) is 0 Å². The molecule has 8 heteroatoms. The van der Waals surface area contributed by atoms with Crippen LogP contribution in [0.2, 0.25) is 5.02 Å². The third-order valence-electron chi connectivity index (χ3n) is 2.11. The van der Waals surface area contributed by atoms with E-state index in [1.165, 1.54) is 6.33 Å². The van der Waals surface area contributed by atoms with Crippen LogP contribution in [0.3, 0.4) is 0 Å². The largest absolute Gasteiger partial charge is 0.338 e. The van der Waals surface area contributed by atoms with E-state index in [0.29, 0.717) is 21.1 Å². The Kier molecular flexibility index (Phi) is 4.39. The predicted octanol–water partition coefficient (Wildman–Crippen LogP) is 3.68. The summed E-state index contributed by atoms with van der Waals surface area (Å²) in [5, 5.41) is 3.68. The van der Waals surface area contributed by atoms with Crippen LogP contribution in [0, 0.1) is 0 Å². The number of halogens is 3. The number of nitrogens with one attached hydrogen (secondary N) is 2. The molecule has 0 aliphatic carbocycles. The number of rotatable bonds is 3. The van der Waals surface area contributed by atoms with Crippen LogP contribution in [0.15, 0.2) is 33.5 Å². The average Bonchev–Trinajstić information content (AvgIpc) is 2.35. The summed E-state index contributed by atoms with van der Waals surface area (Å²) in [6.07, 6.45) is 1.40. The van der Waals surface area contributed by atoms with Gasteiger partial charge in [-0.1, -0.05) is 27.5 Å². The Hall–Kier alpha value is -0.890. The van der Waals surface area contributed by atoms with E-state index in [1.54, 1.807) is 6.07 Å². The van der Waals surface area contributed by atoms with Gasteiger partial charge in [-0.15, -0.1) is 0 Å². The molecule has 0 radical (unpaired) electrons. The molecule has 0 unspecified atom stereocenters. The van der Waals surface area contributed by atoms with Crippen molar-refractivity contribution in [3.8, 4) is 0 Å². The van der Waals surface area contributed by atoms with Gasteiger partial charge in [-0.25, -0.2) is 15.8 Å². The highest BCUT2D eigenvalue weighted by molar-refractivity contribution is 9.11. The maximum atomic E-state index is 6.11. The lowest BCUT2D eigenvalue weighted by atomic mass is 10.3. The van der Waals surface area contributed by atoms with Crippen LogP contribution < -0.4 is 16.6 Å². The standard InChI is InChI=1S/C10H8Br2ClN5/c11-5-1-2-7(6(13)3-5)17-9-8(12)10(18-14)16-4-15-9/h1-4H,14H2,(H2,15,16,17,18). The monoisotopic (exact) mass is 391 g/mol. The van der Waals surface area contributed by atoms with Crippen LogP contribution in [0.5, 0.6) is 0 Å². The van der Waals surface area contributed by atoms with Gasteiger partial charge in [0.2, 0.25) is 0 Å². The predicted molar refractivity (Wildman–Crippen MR) is 80.0 cm³/mol. The van der Waals surface area contributed by atoms with E-state index >= 15 is 0 Å². The van der Waals surface area contributed by atoms with E-state index in [0.717, 1.165) is 10.2 Å². The zero-order valence-corrected chi connectivity index (χ0v) is 12.8. The summed E-state index contributed by atoms with van der Waals surface area (Å²) in [6, 6.07) is 5.52. The Bertz CT molecular complexity index is 578. The Morgan fingerprint density at radius 3 is 2.56 bits per heavy atom. The minimum absolute atomic E-state index is 0.487. The van der Waals surface area contributed by atoms with Gasteiger partial charge in [-0.3, -0.25) is 0 Å². The Morgan fingerprint density at radius 1 is 1.17 bits per heavy atom. The fourth-order valence-corrected chi connectivity index (χ4v) is 2.42. The quantitative estimate of drug-likeness (QED) is 0.548. The topological polar surface area (TPSA) is 75.9 Å². The lowest BCUT2D eigenvalue weighted by Gasteiger charge is -2.11. The van der Waals surface area contributed by atoms with Crippen molar-refractivity contribution in [1.82, 2.24) is 9.97 Å². The van der Waals surface area contributed by atoms with E-state index in [9.17, 15) is 0 Å². The number of hydrazine groups is 1. The fourth-order valence-electron chi connectivity index (χ4n) is 1.28. The summed E-state index contributed by atoms with van der Waals surface area (Å²) < 4.78 is 1.54. The normalized spacial score (nSPS) is 10.2. The van der Waals surface area contributed by atoms with E-state index in [-0.39, 0.29) is 0 Å². The van der Waals surface area contributed by atoms with Crippen molar-refractivity contribution in [3.05, 3.63) is 38.5 Å². The first-order valence-electron chi connectivity index (χ1n) is 4.81. The molecule has 0 atom stereocenters. The Morgan fingerprint density at radius 2 is 1.89 bits per heavy atom. The first-order chi connectivity index (χ1) is 8.61. The number of nitrogens with zero attached hydrogens (tertiary/aromatic N) is 2. The summed E-state index contributed by atoms with van der Waals surface area (Å²) in [6.45, 7) is 0. The van der Waals surface area contributed by atoms with Crippen LogP contribution >= 0.6 is 43.5 Å². The number of nitrogens with two attached hydrogens (primary N) is 1. The van der Waals surface area contributed by atoms with Gasteiger partial charge in [0.15, 0.2) is 5.82 Å². The van der Waals surface area contributed by atoms with Crippen LogP contribution in [-0.4, -0.2) is 9.97 Å². The molecule has 0 bridgehead atoms. The van der Waals surface area contributed by atoms with Crippen molar-refractivity contribution in [3.63, 3.8) is 0 Å². The fraction of sp³-hybridized carbons (Fsp3) is 0. The molecule has 1 aromatic heterocycles. The van der Waals surface area contributed by atoms with E-state index in [1.807, 2.05) is 12.1 Å². The molecule has 2 rings (SSSR count). The molecule has 1 heterocycles. The molecule has 0 saturated carbocycles. The molecule has 5 nitrogen and oxygen atoms in total. The summed E-state index contributed by atoms with van der Waals surface area (Å²) in [5.41, 5.74) is 3.20. The highest BCUT2D eigenvalue weighted by Gasteiger charge is 2.09. The van der Waals surface area contributed by atoms with Gasteiger partial charge >= 0.3 is 0 Å². The van der Waals surface area contributed by atoms with Crippen LogP contribution in [0.25, 0.3) is 0 Å². The van der Waals surface area contributed by atoms with Gasteiger partial charge in [-0.2, -0.15) is 0 Å². The first kappa shape index (κ1) is 13.5. The molecule has 0 spiro atoms. The minimum atomic E-state index is 0.487. The van der Waals surface area contributed by atoms with E-state index < -0.39 is 0 Å². The van der Waals surface area contributed by atoms with Crippen molar-refractivity contribution in [2.24, 2.45) is 5.84 Å². The molecule has 0 aliphatic heterocycles. The number of hydrogen-bond donors (Lipinski definition) is 3. The van der Waals surface area contributed by atoms with Gasteiger partial charge in [0.05, 0.1) is 10.7 Å². The second-order valence-electron chi connectivity index (χ2n) is 3.28. The second kappa shape index (κ2) is 5.83. The maximum Gasteiger partial charge on any atom is 0.159 e. The average molecular weight is 393 g/mol. The molecule has 0 amide bonds. The third kappa shape index (κ3) is 2.92. The molecule has 1 aromatic carbocycles. The molecule has 18 heavy (non-hydrogen) atoms. The number of anilines is 3. The molecular weight excluding hydrogens is 385 g/mol. The Labute approximate surface area is 125 Å². The summed E-state index contributed by atoms with van der Waals surface area (Å²) in [5.74, 6) is 6.39. The molecule has 94 valence electrons. The van der Waals surface area contributed by atoms with Gasteiger partial charge in [0, 0.05) is 4.47 Å². The second-order valence-corrected chi connectivity index (χ2v) is 5.39. The third-order valence-corrected chi connectivity index (χ3v) is 3.67. The number of nitrogen functional groups attached to an aromatic ring is 1. The number of benzene rings is 1. The van der Waals surface area contributed by atoms with Crippen molar-refractivity contribution >= 4 is 60.8 Å². The lowest BCUT2D eigenvalue weighted by molar-refractivity contribution is 1.12. The zero-order valence-electron chi connectivity index (χ0n) is 8.92. The first-order valence-corrected chi connectivity index (χ1v) is 6.77. The van der Waals surface area contributed by atoms with E-state index in [2.05, 4.69) is 52.6 Å². The van der Waals surface area contributed by atoms with Crippen molar-refractivity contribution in [1.29, 1.82) is 0 Å². The zero-order chi connectivity index (χ0) is 13.1. The molecule has 0 aliphatic rings. The van der Waals surface area contributed by atoms with Crippen LogP contribution in [0.1, 0.15) is 0 Å². The van der Waals surface area contributed by atoms with Gasteiger partial charge in [0.1, 0.15) is 16.6 Å². The van der Waals surface area contributed by atoms with E-state index in [4.69, 9.17) is 17.4 Å². The summed E-state index contributed by atoms with van der Waals surface area (Å²) in [4.78, 5) is 8.07. The smallest absolute Gasteiger partial charge is 0.159 e. The van der Waals surface area contributed by atoms with Crippen molar-refractivity contribution < 1.29 is 0 Å². The molecule has 2 aromatic rings. The summed E-state index contributed by atoms with van der Waals surface area (Å²) in [7, 11) is 0. The SMILES string of the molecule is NNc1ncnc(Nc2ccc(Br)cc2Cl)c1Br. The number of aromatic nitrogens is 2. The van der Waals surface area contributed by atoms with Gasteiger partial charge in [-0.05, 0) is 34.1 Å². The maximum absolute atomic E-state index is 6.11. The highest BCUT2D eigenvalue weighted by atomic mass is 79.9. The molecule has 0 saturated heterocycles. The Balaban J connectivity index is 2.34. The molecular formula is C10H8Br2ClN5. The number of hydrogen-bond acceptors (Lipinski definition) is 5. The van der Waals surface area contributed by atoms with Crippen molar-refractivity contribution in [2.75, 3.05) is 10.7 Å². The summed E-state index contributed by atoms with van der Waals surface area (Å²) >= 11 is 12.8.